The SMILES string of the molecule is Cc1cc(NC(=O)CN2c3ccccc3NC3=C(C(=O)CC(C)(C)C3)[C@@H]2c2cccs2)no1. The number of thiophene rings is 1. The Labute approximate surface area is 196 Å². The highest BCUT2D eigenvalue weighted by Gasteiger charge is 2.42. The summed E-state index contributed by atoms with van der Waals surface area (Å²) in [4.78, 5) is 29.7. The predicted molar refractivity (Wildman–Crippen MR) is 129 cm³/mol. The number of allylic oxidation sites excluding steroid dienone is 1. The number of anilines is 3. The van der Waals surface area contributed by atoms with Gasteiger partial charge in [-0.25, -0.2) is 0 Å². The van der Waals surface area contributed by atoms with Crippen LogP contribution in [0.4, 0.5) is 17.2 Å². The van der Waals surface area contributed by atoms with Crippen molar-refractivity contribution in [2.24, 2.45) is 5.41 Å². The van der Waals surface area contributed by atoms with Crippen LogP contribution < -0.4 is 15.5 Å². The van der Waals surface area contributed by atoms with Crippen LogP contribution in [0, 0.1) is 12.3 Å². The van der Waals surface area contributed by atoms with Crippen LogP contribution in [0.2, 0.25) is 0 Å². The quantitative estimate of drug-likeness (QED) is 0.547. The molecular weight excluding hydrogens is 436 g/mol. The van der Waals surface area contributed by atoms with Gasteiger partial charge in [-0.3, -0.25) is 9.59 Å². The Bertz CT molecular complexity index is 1240. The van der Waals surface area contributed by atoms with Gasteiger partial charge in [-0.05, 0) is 42.3 Å². The largest absolute Gasteiger partial charge is 0.360 e. The lowest BCUT2D eigenvalue weighted by molar-refractivity contribution is -0.119. The van der Waals surface area contributed by atoms with Crippen molar-refractivity contribution in [1.29, 1.82) is 0 Å². The minimum Gasteiger partial charge on any atom is -0.360 e. The molecule has 3 heterocycles. The number of Topliss-reactive ketones (excluding diaryl/α,β-unsaturated/α-hetero) is 1. The first-order valence-corrected chi connectivity index (χ1v) is 11.8. The number of hydrogen-bond donors (Lipinski definition) is 2. The summed E-state index contributed by atoms with van der Waals surface area (Å²) >= 11 is 1.59. The lowest BCUT2D eigenvalue weighted by Crippen LogP contribution is -2.39. The standard InChI is InChI=1S/C25H26N4O3S/c1-15-11-21(28-32-15)27-22(31)14-29-18-8-5-4-7-16(18)26-17-12-25(2,3)13-19(30)23(17)24(29)20-9-6-10-33-20/h4-11,24,26H,12-14H2,1-3H3,(H,27,28,31)/t24-/m0/s1. The van der Waals surface area contributed by atoms with Gasteiger partial charge in [0.25, 0.3) is 0 Å². The molecule has 0 bridgehead atoms. The molecule has 0 saturated heterocycles. The maximum Gasteiger partial charge on any atom is 0.245 e. The number of nitrogens with zero attached hydrogens (tertiary/aromatic N) is 2. The first kappa shape index (κ1) is 21.5. The molecule has 1 atom stereocenters. The van der Waals surface area contributed by atoms with Crippen LogP contribution in [-0.2, 0) is 9.59 Å². The third-order valence-electron chi connectivity index (χ3n) is 6.03. The molecule has 0 radical (unpaired) electrons. The van der Waals surface area contributed by atoms with Crippen molar-refractivity contribution in [2.75, 3.05) is 22.1 Å². The Balaban J connectivity index is 1.61. The van der Waals surface area contributed by atoms with Crippen LogP contribution in [0.3, 0.4) is 0 Å². The van der Waals surface area contributed by atoms with E-state index in [1.165, 1.54) is 0 Å². The molecule has 5 rings (SSSR count). The highest BCUT2D eigenvalue weighted by atomic mass is 32.1. The summed E-state index contributed by atoms with van der Waals surface area (Å²) in [6.45, 7) is 6.08. The van der Waals surface area contributed by atoms with Crippen molar-refractivity contribution in [1.82, 2.24) is 5.16 Å². The Morgan fingerprint density at radius 2 is 2.09 bits per heavy atom. The number of aryl methyl sites for hydroxylation is 1. The molecule has 3 aromatic rings. The highest BCUT2D eigenvalue weighted by molar-refractivity contribution is 7.10. The number of benzene rings is 1. The number of rotatable bonds is 4. The Morgan fingerprint density at radius 1 is 1.27 bits per heavy atom. The van der Waals surface area contributed by atoms with Gasteiger partial charge in [-0.15, -0.1) is 11.3 Å². The number of para-hydroxylation sites is 2. The second kappa shape index (κ2) is 8.19. The average Bonchev–Trinajstić information content (AvgIpc) is 3.38. The molecule has 1 aliphatic heterocycles. The maximum absolute atomic E-state index is 13.5. The van der Waals surface area contributed by atoms with E-state index in [0.717, 1.165) is 33.9 Å². The van der Waals surface area contributed by atoms with E-state index in [2.05, 4.69) is 29.6 Å². The summed E-state index contributed by atoms with van der Waals surface area (Å²) < 4.78 is 5.08. The van der Waals surface area contributed by atoms with Gasteiger partial charge in [-0.1, -0.05) is 37.2 Å². The maximum atomic E-state index is 13.5. The van der Waals surface area contributed by atoms with Gasteiger partial charge in [-0.2, -0.15) is 0 Å². The molecule has 33 heavy (non-hydrogen) atoms. The van der Waals surface area contributed by atoms with Crippen molar-refractivity contribution in [3.8, 4) is 0 Å². The van der Waals surface area contributed by atoms with Crippen LogP contribution in [0.5, 0.6) is 0 Å². The fourth-order valence-electron chi connectivity index (χ4n) is 4.73. The molecule has 1 amide bonds. The van der Waals surface area contributed by atoms with Crippen molar-refractivity contribution in [3.05, 3.63) is 69.8 Å². The molecule has 7 nitrogen and oxygen atoms in total. The lowest BCUT2D eigenvalue weighted by atomic mass is 9.74. The van der Waals surface area contributed by atoms with Crippen LogP contribution >= 0.6 is 11.3 Å². The van der Waals surface area contributed by atoms with Gasteiger partial charge in [0.05, 0.1) is 24.0 Å². The van der Waals surface area contributed by atoms with E-state index in [0.29, 0.717) is 18.0 Å². The van der Waals surface area contributed by atoms with Crippen LogP contribution in [0.15, 0.2) is 63.6 Å². The topological polar surface area (TPSA) is 87.5 Å². The van der Waals surface area contributed by atoms with Crippen molar-refractivity contribution in [3.63, 3.8) is 0 Å². The summed E-state index contributed by atoms with van der Waals surface area (Å²) in [5, 5.41) is 12.3. The van der Waals surface area contributed by atoms with Crippen LogP contribution in [0.1, 0.15) is 43.4 Å². The molecule has 1 aliphatic carbocycles. The van der Waals surface area contributed by atoms with E-state index in [4.69, 9.17) is 4.52 Å². The minimum absolute atomic E-state index is 0.0562. The fraction of sp³-hybridized carbons (Fsp3) is 0.320. The first-order chi connectivity index (χ1) is 15.8. The van der Waals surface area contributed by atoms with Crippen LogP contribution in [0.25, 0.3) is 0 Å². The molecule has 8 heteroatoms. The zero-order valence-corrected chi connectivity index (χ0v) is 19.7. The number of hydrogen-bond acceptors (Lipinski definition) is 7. The number of carbonyl (C=O) groups excluding carboxylic acids is 2. The summed E-state index contributed by atoms with van der Waals surface area (Å²) in [7, 11) is 0. The number of carbonyl (C=O) groups is 2. The normalized spacial score (nSPS) is 19.4. The Hall–Kier alpha value is -3.39. The van der Waals surface area contributed by atoms with Gasteiger partial charge in [0, 0.05) is 28.6 Å². The number of amides is 1. The number of nitrogens with one attached hydrogen (secondary N) is 2. The molecular formula is C25H26N4O3S. The molecule has 0 saturated carbocycles. The van der Waals surface area contributed by atoms with E-state index in [1.54, 1.807) is 24.3 Å². The lowest BCUT2D eigenvalue weighted by Gasteiger charge is -2.37. The summed E-state index contributed by atoms with van der Waals surface area (Å²) in [5.41, 5.74) is 3.33. The van der Waals surface area contributed by atoms with Crippen molar-refractivity contribution < 1.29 is 14.1 Å². The summed E-state index contributed by atoms with van der Waals surface area (Å²) in [6.07, 6.45) is 1.24. The van der Waals surface area contributed by atoms with Gasteiger partial charge in [0.1, 0.15) is 5.76 Å². The zero-order valence-electron chi connectivity index (χ0n) is 18.8. The Morgan fingerprint density at radius 3 is 2.82 bits per heavy atom. The molecule has 0 fully saturated rings. The molecule has 1 aromatic carbocycles. The number of fused-ring (bicyclic) bond motifs is 1. The van der Waals surface area contributed by atoms with Crippen LogP contribution in [-0.4, -0.2) is 23.4 Å². The monoisotopic (exact) mass is 462 g/mol. The molecule has 2 aliphatic rings. The minimum atomic E-state index is -0.357. The summed E-state index contributed by atoms with van der Waals surface area (Å²) in [6, 6.07) is 13.2. The first-order valence-electron chi connectivity index (χ1n) is 11.0. The van der Waals surface area contributed by atoms with E-state index in [9.17, 15) is 9.59 Å². The highest BCUT2D eigenvalue weighted by Crippen LogP contribution is 2.48. The second-order valence-corrected chi connectivity index (χ2v) is 10.4. The molecule has 170 valence electrons. The summed E-state index contributed by atoms with van der Waals surface area (Å²) in [5.74, 6) is 0.892. The fourth-order valence-corrected chi connectivity index (χ4v) is 5.58. The number of aromatic nitrogens is 1. The average molecular weight is 463 g/mol. The van der Waals surface area contributed by atoms with Crippen molar-refractivity contribution in [2.45, 2.75) is 39.7 Å². The van der Waals surface area contributed by atoms with Gasteiger partial charge in [0.15, 0.2) is 11.6 Å². The van der Waals surface area contributed by atoms with E-state index < -0.39 is 0 Å². The van der Waals surface area contributed by atoms with E-state index in [1.807, 2.05) is 46.7 Å². The molecule has 0 spiro atoms. The van der Waals surface area contributed by atoms with Gasteiger partial charge < -0.3 is 20.1 Å². The van der Waals surface area contributed by atoms with Gasteiger partial charge in [0.2, 0.25) is 5.91 Å². The predicted octanol–water partition coefficient (Wildman–Crippen LogP) is 5.30. The second-order valence-electron chi connectivity index (χ2n) is 9.39. The van der Waals surface area contributed by atoms with Crippen molar-refractivity contribution >= 4 is 40.2 Å². The van der Waals surface area contributed by atoms with Gasteiger partial charge >= 0.3 is 0 Å². The third kappa shape index (κ3) is 4.18. The molecule has 0 unspecified atom stereocenters. The molecule has 2 N–H and O–H groups in total. The smallest absolute Gasteiger partial charge is 0.245 e. The molecule has 2 aromatic heterocycles. The number of ketones is 1. The Kier molecular flexibility index (Phi) is 5.32. The zero-order chi connectivity index (χ0) is 23.2. The van der Waals surface area contributed by atoms with E-state index >= 15 is 0 Å². The third-order valence-corrected chi connectivity index (χ3v) is 6.95. The van der Waals surface area contributed by atoms with E-state index in [-0.39, 0.29) is 29.7 Å².